The maximum atomic E-state index is 12.2. The first-order valence-electron chi connectivity index (χ1n) is 10.4. The molecule has 2 rings (SSSR count). The second-order valence-corrected chi connectivity index (χ2v) is 8.76. The molecule has 8 heteroatoms. The molecule has 1 aliphatic rings. The number of carbonyl (C=O) groups excluding carboxylic acids is 2. The second kappa shape index (κ2) is 10.8. The Morgan fingerprint density at radius 3 is 2.40 bits per heavy atom. The Bertz CT molecular complexity index is 724. The Morgan fingerprint density at radius 2 is 1.83 bits per heavy atom. The van der Waals surface area contributed by atoms with Crippen molar-refractivity contribution in [3.8, 4) is 0 Å². The van der Waals surface area contributed by atoms with Gasteiger partial charge in [-0.05, 0) is 45.1 Å². The van der Waals surface area contributed by atoms with Gasteiger partial charge in [0.2, 0.25) is 5.91 Å². The molecule has 0 spiro atoms. The molecule has 0 aromatic heterocycles. The van der Waals surface area contributed by atoms with Gasteiger partial charge in [0.05, 0.1) is 19.1 Å². The molecule has 1 atom stereocenters. The van der Waals surface area contributed by atoms with E-state index < -0.39 is 11.7 Å². The van der Waals surface area contributed by atoms with Crippen molar-refractivity contribution < 1.29 is 14.3 Å². The Morgan fingerprint density at radius 1 is 1.17 bits per heavy atom. The van der Waals surface area contributed by atoms with E-state index in [1.165, 1.54) is 4.90 Å². The van der Waals surface area contributed by atoms with Crippen molar-refractivity contribution in [2.45, 2.75) is 51.8 Å². The van der Waals surface area contributed by atoms with Crippen LogP contribution in [-0.2, 0) is 16.1 Å². The number of nitrogens with one attached hydrogen (secondary N) is 3. The first-order valence-corrected chi connectivity index (χ1v) is 10.4. The number of benzene rings is 1. The molecule has 30 heavy (non-hydrogen) atoms. The van der Waals surface area contributed by atoms with Crippen molar-refractivity contribution in [2.24, 2.45) is 10.9 Å². The molecular weight excluding hydrogens is 382 g/mol. The fraction of sp³-hybridized carbons (Fsp3) is 0.591. The highest BCUT2D eigenvalue weighted by atomic mass is 16.6. The van der Waals surface area contributed by atoms with Crippen LogP contribution < -0.4 is 16.0 Å². The van der Waals surface area contributed by atoms with Crippen molar-refractivity contribution in [3.63, 3.8) is 0 Å². The van der Waals surface area contributed by atoms with E-state index in [0.717, 1.165) is 18.4 Å². The lowest BCUT2D eigenvalue weighted by molar-refractivity contribution is -0.127. The van der Waals surface area contributed by atoms with Gasteiger partial charge in [-0.2, -0.15) is 0 Å². The van der Waals surface area contributed by atoms with Crippen LogP contribution in [0.4, 0.5) is 4.79 Å². The first-order chi connectivity index (χ1) is 14.1. The van der Waals surface area contributed by atoms with E-state index in [0.29, 0.717) is 25.0 Å². The van der Waals surface area contributed by atoms with E-state index in [9.17, 15) is 9.59 Å². The fourth-order valence-corrected chi connectivity index (χ4v) is 2.75. The average molecular weight is 418 g/mol. The minimum absolute atomic E-state index is 0.0464. The second-order valence-electron chi connectivity index (χ2n) is 8.76. The van der Waals surface area contributed by atoms with Gasteiger partial charge in [0.1, 0.15) is 5.60 Å². The first kappa shape index (κ1) is 23.5. The zero-order chi connectivity index (χ0) is 22.1. The van der Waals surface area contributed by atoms with Crippen molar-refractivity contribution in [1.29, 1.82) is 0 Å². The van der Waals surface area contributed by atoms with Gasteiger partial charge in [-0.1, -0.05) is 30.3 Å². The number of alkyl carbamates (subject to hydrolysis) is 1. The van der Waals surface area contributed by atoms with Crippen LogP contribution in [-0.4, -0.2) is 61.7 Å². The highest BCUT2D eigenvalue weighted by Gasteiger charge is 2.33. The third-order valence-corrected chi connectivity index (χ3v) is 4.55. The van der Waals surface area contributed by atoms with Crippen LogP contribution >= 0.6 is 0 Å². The molecule has 1 fully saturated rings. The molecular formula is C22H35N5O3. The van der Waals surface area contributed by atoms with E-state index in [1.54, 1.807) is 14.1 Å². The molecule has 0 bridgehead atoms. The van der Waals surface area contributed by atoms with Crippen LogP contribution in [0.1, 0.15) is 39.2 Å². The van der Waals surface area contributed by atoms with Crippen LogP contribution in [0.15, 0.2) is 35.3 Å². The van der Waals surface area contributed by atoms with Crippen LogP contribution in [0.2, 0.25) is 0 Å². The lowest BCUT2D eigenvalue weighted by atomic mass is 10.2. The largest absolute Gasteiger partial charge is 0.444 e. The zero-order valence-electron chi connectivity index (χ0n) is 18.7. The number of rotatable bonds is 8. The lowest BCUT2D eigenvalue weighted by Crippen LogP contribution is -2.50. The number of likely N-dealkylation sites (N-methyl/N-ethyl adjacent to an activating group) is 1. The summed E-state index contributed by atoms with van der Waals surface area (Å²) in [6, 6.07) is 9.84. The Labute approximate surface area is 179 Å². The predicted octanol–water partition coefficient (Wildman–Crippen LogP) is 2.11. The zero-order valence-corrected chi connectivity index (χ0v) is 18.7. The predicted molar refractivity (Wildman–Crippen MR) is 118 cm³/mol. The summed E-state index contributed by atoms with van der Waals surface area (Å²) in [4.78, 5) is 30.3. The molecule has 2 amide bonds. The number of nitrogens with zero attached hydrogens (tertiary/aromatic N) is 2. The third kappa shape index (κ3) is 9.15. The summed E-state index contributed by atoms with van der Waals surface area (Å²) in [7, 11) is 3.43. The molecule has 1 aromatic carbocycles. The molecule has 1 aromatic rings. The van der Waals surface area contributed by atoms with E-state index in [2.05, 4.69) is 20.9 Å². The summed E-state index contributed by atoms with van der Waals surface area (Å²) in [6.07, 6.45) is 1.73. The number of ether oxygens (including phenoxy) is 1. The molecule has 0 saturated heterocycles. The maximum absolute atomic E-state index is 12.2. The summed E-state index contributed by atoms with van der Waals surface area (Å²) in [5, 5.41) is 9.32. The minimum atomic E-state index is -0.540. The summed E-state index contributed by atoms with van der Waals surface area (Å²) in [5.41, 5.74) is 0.533. The van der Waals surface area contributed by atoms with Crippen molar-refractivity contribution in [3.05, 3.63) is 35.9 Å². The quantitative estimate of drug-likeness (QED) is 0.445. The van der Waals surface area contributed by atoms with Crippen LogP contribution in [0.25, 0.3) is 0 Å². The Hall–Kier alpha value is -2.77. The molecule has 1 unspecified atom stereocenters. The van der Waals surface area contributed by atoms with Crippen LogP contribution in [0.3, 0.4) is 0 Å². The van der Waals surface area contributed by atoms with E-state index in [1.807, 2.05) is 51.1 Å². The van der Waals surface area contributed by atoms with E-state index in [4.69, 9.17) is 4.74 Å². The van der Waals surface area contributed by atoms with Gasteiger partial charge in [0, 0.05) is 20.6 Å². The number of carbonyl (C=O) groups is 2. The summed E-state index contributed by atoms with van der Waals surface area (Å²) in [5.74, 6) is 0.907. The Balaban J connectivity index is 1.98. The van der Waals surface area contributed by atoms with Gasteiger partial charge in [-0.3, -0.25) is 4.79 Å². The van der Waals surface area contributed by atoms with Gasteiger partial charge >= 0.3 is 6.09 Å². The number of guanidine groups is 1. The number of hydrogen-bond donors (Lipinski definition) is 3. The molecule has 0 heterocycles. The normalized spacial score (nSPS) is 15.2. The van der Waals surface area contributed by atoms with Gasteiger partial charge < -0.3 is 25.6 Å². The third-order valence-electron chi connectivity index (χ3n) is 4.55. The van der Waals surface area contributed by atoms with Crippen LogP contribution in [0, 0.1) is 5.92 Å². The highest BCUT2D eigenvalue weighted by Crippen LogP contribution is 2.32. The number of amides is 2. The monoisotopic (exact) mass is 417 g/mol. The maximum Gasteiger partial charge on any atom is 0.407 e. The standard InChI is InChI=1S/C22H35N5O3/c1-22(2,3)30-21(29)26-18(17-11-12-17)14-24-20(25-15-19(28)27(4)5)23-13-16-9-7-6-8-10-16/h6-10,17-18H,11-15H2,1-5H3,(H,26,29)(H2,23,24,25). The van der Waals surface area contributed by atoms with Crippen molar-refractivity contribution >= 4 is 18.0 Å². The van der Waals surface area contributed by atoms with E-state index >= 15 is 0 Å². The molecule has 0 radical (unpaired) electrons. The SMILES string of the molecule is CN(C)C(=O)CNC(=NCc1ccccc1)NCC(NC(=O)OC(C)(C)C)C1CC1. The molecule has 8 nitrogen and oxygen atoms in total. The summed E-state index contributed by atoms with van der Waals surface area (Å²) in [6.45, 7) is 6.66. The van der Waals surface area contributed by atoms with E-state index in [-0.39, 0.29) is 18.5 Å². The highest BCUT2D eigenvalue weighted by molar-refractivity contribution is 5.86. The van der Waals surface area contributed by atoms with Crippen LogP contribution in [0.5, 0.6) is 0 Å². The number of aliphatic imine (C=N–C) groups is 1. The van der Waals surface area contributed by atoms with Gasteiger partial charge in [-0.15, -0.1) is 0 Å². The lowest BCUT2D eigenvalue weighted by Gasteiger charge is -2.24. The summed E-state index contributed by atoms with van der Waals surface area (Å²) >= 11 is 0. The number of hydrogen-bond acceptors (Lipinski definition) is 4. The smallest absolute Gasteiger partial charge is 0.407 e. The molecule has 166 valence electrons. The fourth-order valence-electron chi connectivity index (χ4n) is 2.75. The van der Waals surface area contributed by atoms with Gasteiger partial charge in [0.25, 0.3) is 0 Å². The summed E-state index contributed by atoms with van der Waals surface area (Å²) < 4.78 is 5.39. The van der Waals surface area contributed by atoms with Crippen molar-refractivity contribution in [2.75, 3.05) is 27.2 Å². The molecule has 1 saturated carbocycles. The van der Waals surface area contributed by atoms with Crippen molar-refractivity contribution in [1.82, 2.24) is 20.9 Å². The topological polar surface area (TPSA) is 95.1 Å². The van der Waals surface area contributed by atoms with Gasteiger partial charge in [0.15, 0.2) is 5.96 Å². The van der Waals surface area contributed by atoms with Gasteiger partial charge in [-0.25, -0.2) is 9.79 Å². The molecule has 0 aliphatic heterocycles. The molecule has 3 N–H and O–H groups in total. The average Bonchev–Trinajstić information content (AvgIpc) is 3.50. The molecule has 1 aliphatic carbocycles. The minimum Gasteiger partial charge on any atom is -0.444 e. The Kier molecular flexibility index (Phi) is 8.50.